The van der Waals surface area contributed by atoms with Gasteiger partial charge < -0.3 is 15.5 Å². The predicted octanol–water partition coefficient (Wildman–Crippen LogP) is 0.401. The lowest BCUT2D eigenvalue weighted by Gasteiger charge is -2.35. The van der Waals surface area contributed by atoms with Gasteiger partial charge in [0.05, 0.1) is 6.54 Å². The summed E-state index contributed by atoms with van der Waals surface area (Å²) < 4.78 is 0. The maximum Gasteiger partial charge on any atom is 0.236 e. The molecule has 0 bridgehead atoms. The lowest BCUT2D eigenvalue weighted by atomic mass is 9.99. The summed E-state index contributed by atoms with van der Waals surface area (Å²) in [5.74, 6) is 0.266. The van der Waals surface area contributed by atoms with Crippen LogP contribution in [0.2, 0.25) is 0 Å². The highest BCUT2D eigenvalue weighted by Gasteiger charge is 2.23. The van der Waals surface area contributed by atoms with Crippen molar-refractivity contribution < 1.29 is 4.79 Å². The zero-order valence-electron chi connectivity index (χ0n) is 12.7. The fourth-order valence-corrected chi connectivity index (χ4v) is 3.11. The molecule has 0 unspecified atom stereocenters. The van der Waals surface area contributed by atoms with Gasteiger partial charge in [-0.25, -0.2) is 0 Å². The number of piperazine rings is 1. The van der Waals surface area contributed by atoms with E-state index >= 15 is 0 Å². The first-order valence-corrected chi connectivity index (χ1v) is 7.68. The van der Waals surface area contributed by atoms with E-state index in [0.717, 1.165) is 51.4 Å². The Balaban J connectivity index is 1.57. The highest BCUT2D eigenvalue weighted by atomic mass is 16.2. The van der Waals surface area contributed by atoms with Gasteiger partial charge in [0.1, 0.15) is 0 Å². The molecule has 0 aliphatic carbocycles. The third-order valence-corrected chi connectivity index (χ3v) is 4.54. The minimum absolute atomic E-state index is 0.266. The molecule has 0 radical (unpaired) electrons. The molecule has 1 aromatic rings. The second-order valence-corrected chi connectivity index (χ2v) is 6.17. The van der Waals surface area contributed by atoms with Crippen LogP contribution in [0.25, 0.3) is 0 Å². The number of rotatable bonds is 2. The number of hydrogen-bond donors (Lipinski definition) is 1. The number of benzene rings is 1. The van der Waals surface area contributed by atoms with Crippen LogP contribution in [0, 0.1) is 0 Å². The van der Waals surface area contributed by atoms with Crippen molar-refractivity contribution in [2.75, 3.05) is 52.0 Å². The number of fused-ring (bicyclic) bond motifs is 1. The SMILES string of the molecule is CN1CCN(C(=O)CN2CCc3cc(N)ccc3C2)CC1. The van der Waals surface area contributed by atoms with Crippen LogP contribution < -0.4 is 5.73 Å². The van der Waals surface area contributed by atoms with Crippen LogP contribution in [0.1, 0.15) is 11.1 Å². The average Bonchev–Trinajstić information content (AvgIpc) is 2.48. The molecule has 0 spiro atoms. The minimum Gasteiger partial charge on any atom is -0.399 e. The third kappa shape index (κ3) is 3.36. The van der Waals surface area contributed by atoms with E-state index in [9.17, 15) is 4.79 Å². The van der Waals surface area contributed by atoms with Gasteiger partial charge in [-0.2, -0.15) is 0 Å². The van der Waals surface area contributed by atoms with Gasteiger partial charge in [-0.05, 0) is 36.7 Å². The van der Waals surface area contributed by atoms with Crippen molar-refractivity contribution in [3.63, 3.8) is 0 Å². The summed E-state index contributed by atoms with van der Waals surface area (Å²) >= 11 is 0. The highest BCUT2D eigenvalue weighted by Crippen LogP contribution is 2.21. The van der Waals surface area contributed by atoms with E-state index in [1.165, 1.54) is 11.1 Å². The summed E-state index contributed by atoms with van der Waals surface area (Å²) in [7, 11) is 2.11. The molecular weight excluding hydrogens is 264 g/mol. The number of carbonyl (C=O) groups excluding carboxylic acids is 1. The maximum absolute atomic E-state index is 12.4. The monoisotopic (exact) mass is 288 g/mol. The van der Waals surface area contributed by atoms with Gasteiger partial charge in [-0.1, -0.05) is 6.07 Å². The van der Waals surface area contributed by atoms with E-state index in [0.29, 0.717) is 6.54 Å². The fraction of sp³-hybridized carbons (Fsp3) is 0.562. The van der Waals surface area contributed by atoms with Crippen molar-refractivity contribution in [1.29, 1.82) is 0 Å². The van der Waals surface area contributed by atoms with Crippen molar-refractivity contribution in [2.45, 2.75) is 13.0 Å². The molecule has 1 fully saturated rings. The molecule has 5 nitrogen and oxygen atoms in total. The highest BCUT2D eigenvalue weighted by molar-refractivity contribution is 5.78. The van der Waals surface area contributed by atoms with E-state index in [-0.39, 0.29) is 5.91 Å². The molecule has 3 rings (SSSR count). The first-order chi connectivity index (χ1) is 10.1. The third-order valence-electron chi connectivity index (χ3n) is 4.54. The Morgan fingerprint density at radius 2 is 1.90 bits per heavy atom. The molecular formula is C16H24N4O. The lowest BCUT2D eigenvalue weighted by molar-refractivity contribution is -0.134. The molecule has 21 heavy (non-hydrogen) atoms. The molecule has 0 aromatic heterocycles. The largest absolute Gasteiger partial charge is 0.399 e. The second-order valence-electron chi connectivity index (χ2n) is 6.17. The van der Waals surface area contributed by atoms with Gasteiger partial charge in [-0.3, -0.25) is 9.69 Å². The summed E-state index contributed by atoms with van der Waals surface area (Å²) in [6.45, 7) is 6.01. The Bertz CT molecular complexity index is 523. The number of amides is 1. The van der Waals surface area contributed by atoms with Crippen LogP contribution in [0.5, 0.6) is 0 Å². The molecule has 5 heteroatoms. The Hall–Kier alpha value is -1.59. The zero-order chi connectivity index (χ0) is 14.8. The summed E-state index contributed by atoms with van der Waals surface area (Å²) in [6.07, 6.45) is 0.983. The molecule has 0 saturated carbocycles. The van der Waals surface area contributed by atoms with Crippen LogP contribution >= 0.6 is 0 Å². The maximum atomic E-state index is 12.4. The number of nitrogen functional groups attached to an aromatic ring is 1. The topological polar surface area (TPSA) is 52.8 Å². The van der Waals surface area contributed by atoms with E-state index in [1.807, 2.05) is 11.0 Å². The minimum atomic E-state index is 0.266. The Kier molecular flexibility index (Phi) is 4.12. The molecule has 1 saturated heterocycles. The quantitative estimate of drug-likeness (QED) is 0.801. The van der Waals surface area contributed by atoms with Crippen molar-refractivity contribution in [1.82, 2.24) is 14.7 Å². The molecule has 1 amide bonds. The van der Waals surface area contributed by atoms with Gasteiger partial charge in [0.15, 0.2) is 0 Å². The number of nitrogens with zero attached hydrogens (tertiary/aromatic N) is 3. The Morgan fingerprint density at radius 3 is 2.67 bits per heavy atom. The Labute approximate surface area is 126 Å². The smallest absolute Gasteiger partial charge is 0.236 e. The van der Waals surface area contributed by atoms with Crippen LogP contribution in [-0.2, 0) is 17.8 Å². The first-order valence-electron chi connectivity index (χ1n) is 7.68. The van der Waals surface area contributed by atoms with Gasteiger partial charge in [-0.15, -0.1) is 0 Å². The van der Waals surface area contributed by atoms with E-state index < -0.39 is 0 Å². The first kappa shape index (κ1) is 14.4. The normalized spacial score (nSPS) is 20.3. The average molecular weight is 288 g/mol. The molecule has 2 N–H and O–H groups in total. The molecule has 2 aliphatic heterocycles. The number of likely N-dealkylation sites (N-methyl/N-ethyl adjacent to an activating group) is 1. The van der Waals surface area contributed by atoms with Crippen LogP contribution in [0.3, 0.4) is 0 Å². The second kappa shape index (κ2) is 6.03. The standard InChI is InChI=1S/C16H24N4O/c1-18-6-8-20(9-7-18)16(21)12-19-5-4-13-10-15(17)3-2-14(13)11-19/h2-3,10H,4-9,11-12,17H2,1H3. The zero-order valence-corrected chi connectivity index (χ0v) is 12.7. The fourth-order valence-electron chi connectivity index (χ4n) is 3.11. The van der Waals surface area contributed by atoms with Crippen molar-refractivity contribution in [3.05, 3.63) is 29.3 Å². The number of anilines is 1. The summed E-state index contributed by atoms with van der Waals surface area (Å²) in [5.41, 5.74) is 9.30. The van der Waals surface area contributed by atoms with Gasteiger partial charge in [0, 0.05) is 45.0 Å². The van der Waals surface area contributed by atoms with Crippen LogP contribution in [-0.4, -0.2) is 66.9 Å². The Morgan fingerprint density at radius 1 is 1.14 bits per heavy atom. The van der Waals surface area contributed by atoms with Crippen molar-refractivity contribution >= 4 is 11.6 Å². The molecule has 1 aromatic carbocycles. The molecule has 2 heterocycles. The number of nitrogens with two attached hydrogens (primary N) is 1. The van der Waals surface area contributed by atoms with Crippen molar-refractivity contribution in [2.24, 2.45) is 0 Å². The molecule has 2 aliphatic rings. The van der Waals surface area contributed by atoms with Gasteiger partial charge in [0.2, 0.25) is 5.91 Å². The van der Waals surface area contributed by atoms with E-state index in [4.69, 9.17) is 5.73 Å². The number of carbonyl (C=O) groups is 1. The van der Waals surface area contributed by atoms with Crippen LogP contribution in [0.15, 0.2) is 18.2 Å². The number of hydrogen-bond acceptors (Lipinski definition) is 4. The molecule has 0 atom stereocenters. The van der Waals surface area contributed by atoms with Gasteiger partial charge in [0.25, 0.3) is 0 Å². The lowest BCUT2D eigenvalue weighted by Crippen LogP contribution is -2.50. The van der Waals surface area contributed by atoms with Crippen LogP contribution in [0.4, 0.5) is 5.69 Å². The predicted molar refractivity (Wildman–Crippen MR) is 83.9 cm³/mol. The van der Waals surface area contributed by atoms with E-state index in [1.54, 1.807) is 0 Å². The van der Waals surface area contributed by atoms with Gasteiger partial charge >= 0.3 is 0 Å². The summed E-state index contributed by atoms with van der Waals surface area (Å²) in [5, 5.41) is 0. The summed E-state index contributed by atoms with van der Waals surface area (Å²) in [6, 6.07) is 6.11. The van der Waals surface area contributed by atoms with Crippen molar-refractivity contribution in [3.8, 4) is 0 Å². The van der Waals surface area contributed by atoms with E-state index in [2.05, 4.69) is 29.0 Å². The summed E-state index contributed by atoms with van der Waals surface area (Å²) in [4.78, 5) is 18.9. The molecule has 114 valence electrons.